The van der Waals surface area contributed by atoms with Gasteiger partial charge in [0.1, 0.15) is 0 Å². The summed E-state index contributed by atoms with van der Waals surface area (Å²) in [5, 5.41) is 0. The number of sulfonamides is 1. The van der Waals surface area contributed by atoms with Gasteiger partial charge in [0, 0.05) is 24.5 Å². The Balaban J connectivity index is 2.36. The number of hydrogen-bond donors (Lipinski definition) is 1. The van der Waals surface area contributed by atoms with Gasteiger partial charge in [-0.15, -0.1) is 0 Å². The number of hydrogen-bond acceptors (Lipinski definition) is 5. The number of aryl methyl sites for hydroxylation is 1. The maximum Gasteiger partial charge on any atom is 0.241 e. The first-order chi connectivity index (χ1) is 10.9. The molecule has 0 saturated heterocycles. The smallest absolute Gasteiger partial charge is 0.241 e. The molecule has 0 radical (unpaired) electrons. The summed E-state index contributed by atoms with van der Waals surface area (Å²) in [6, 6.07) is 6.28. The molecule has 0 saturated carbocycles. The molecule has 0 amide bonds. The SMILES string of the molecule is COc1cc(C)c(S(=O)(=O)N[C@@H](C)c2ccncc2)cc1OC. The number of ether oxygens (including phenoxy) is 2. The van der Waals surface area contributed by atoms with Crippen LogP contribution in [0.4, 0.5) is 0 Å². The van der Waals surface area contributed by atoms with E-state index in [0.717, 1.165) is 5.56 Å². The van der Waals surface area contributed by atoms with E-state index in [0.29, 0.717) is 17.1 Å². The zero-order chi connectivity index (χ0) is 17.0. The number of aromatic nitrogens is 1. The summed E-state index contributed by atoms with van der Waals surface area (Å²) in [7, 11) is -0.724. The van der Waals surface area contributed by atoms with Gasteiger partial charge in [-0.25, -0.2) is 13.1 Å². The summed E-state index contributed by atoms with van der Waals surface area (Å²) < 4.78 is 38.4. The van der Waals surface area contributed by atoms with E-state index in [-0.39, 0.29) is 10.9 Å². The lowest BCUT2D eigenvalue weighted by atomic mass is 10.1. The van der Waals surface area contributed by atoms with E-state index in [1.54, 1.807) is 44.4 Å². The number of nitrogens with zero attached hydrogens (tertiary/aromatic N) is 1. The van der Waals surface area contributed by atoms with Gasteiger partial charge < -0.3 is 9.47 Å². The van der Waals surface area contributed by atoms with Crippen LogP contribution in [0.2, 0.25) is 0 Å². The maximum atomic E-state index is 12.7. The monoisotopic (exact) mass is 336 g/mol. The van der Waals surface area contributed by atoms with E-state index in [1.165, 1.54) is 20.3 Å². The minimum Gasteiger partial charge on any atom is -0.493 e. The Hall–Kier alpha value is -2.12. The molecule has 1 N–H and O–H groups in total. The van der Waals surface area contributed by atoms with Crippen LogP contribution in [0.3, 0.4) is 0 Å². The molecule has 1 heterocycles. The predicted octanol–water partition coefficient (Wildman–Crippen LogP) is 2.45. The van der Waals surface area contributed by atoms with Crippen molar-refractivity contribution in [2.24, 2.45) is 0 Å². The van der Waals surface area contributed by atoms with Crippen LogP contribution in [0.1, 0.15) is 24.1 Å². The predicted molar refractivity (Wildman–Crippen MR) is 87.3 cm³/mol. The lowest BCUT2D eigenvalue weighted by molar-refractivity contribution is 0.353. The molecule has 124 valence electrons. The molecule has 1 atom stereocenters. The van der Waals surface area contributed by atoms with Crippen LogP contribution in [0, 0.1) is 6.92 Å². The largest absolute Gasteiger partial charge is 0.493 e. The van der Waals surface area contributed by atoms with E-state index in [1.807, 2.05) is 0 Å². The van der Waals surface area contributed by atoms with Crippen molar-refractivity contribution in [3.8, 4) is 11.5 Å². The van der Waals surface area contributed by atoms with Gasteiger partial charge in [0.2, 0.25) is 10.0 Å². The van der Waals surface area contributed by atoms with Crippen molar-refractivity contribution in [3.63, 3.8) is 0 Å². The van der Waals surface area contributed by atoms with Gasteiger partial charge >= 0.3 is 0 Å². The van der Waals surface area contributed by atoms with Gasteiger partial charge in [-0.1, -0.05) is 0 Å². The summed E-state index contributed by atoms with van der Waals surface area (Å²) in [5.74, 6) is 0.862. The topological polar surface area (TPSA) is 77.5 Å². The van der Waals surface area contributed by atoms with Crippen LogP contribution in [0.5, 0.6) is 11.5 Å². The molecule has 0 aliphatic carbocycles. The lowest BCUT2D eigenvalue weighted by Gasteiger charge is -2.17. The van der Waals surface area contributed by atoms with E-state index in [4.69, 9.17) is 9.47 Å². The van der Waals surface area contributed by atoms with Crippen LogP contribution >= 0.6 is 0 Å². The van der Waals surface area contributed by atoms with Crippen molar-refractivity contribution >= 4 is 10.0 Å². The first-order valence-corrected chi connectivity index (χ1v) is 8.52. The highest BCUT2D eigenvalue weighted by Gasteiger charge is 2.22. The molecule has 2 rings (SSSR count). The normalized spacial score (nSPS) is 12.7. The van der Waals surface area contributed by atoms with Crippen molar-refractivity contribution in [3.05, 3.63) is 47.8 Å². The highest BCUT2D eigenvalue weighted by Crippen LogP contribution is 2.32. The highest BCUT2D eigenvalue weighted by molar-refractivity contribution is 7.89. The molecule has 6 nitrogen and oxygen atoms in total. The van der Waals surface area contributed by atoms with E-state index >= 15 is 0 Å². The molecule has 1 aromatic heterocycles. The number of rotatable bonds is 6. The second-order valence-electron chi connectivity index (χ2n) is 5.10. The quantitative estimate of drug-likeness (QED) is 0.877. The van der Waals surface area contributed by atoms with E-state index < -0.39 is 10.0 Å². The number of pyridine rings is 1. The van der Waals surface area contributed by atoms with Gasteiger partial charge in [-0.3, -0.25) is 4.98 Å². The van der Waals surface area contributed by atoms with Gasteiger partial charge in [0.05, 0.1) is 19.1 Å². The third-order valence-electron chi connectivity index (χ3n) is 3.51. The molecular weight excluding hydrogens is 316 g/mol. The van der Waals surface area contributed by atoms with Gasteiger partial charge in [0.15, 0.2) is 11.5 Å². The fourth-order valence-corrected chi connectivity index (χ4v) is 3.74. The Bertz CT molecular complexity index is 776. The fourth-order valence-electron chi connectivity index (χ4n) is 2.27. The van der Waals surface area contributed by atoms with E-state index in [2.05, 4.69) is 9.71 Å². The molecule has 0 fully saturated rings. The van der Waals surface area contributed by atoms with Crippen molar-refractivity contribution in [1.29, 1.82) is 0 Å². The molecule has 0 aliphatic rings. The molecule has 0 unspecified atom stereocenters. The van der Waals surface area contributed by atoms with Crippen molar-refractivity contribution in [2.75, 3.05) is 14.2 Å². The van der Waals surface area contributed by atoms with Crippen LogP contribution in [0.15, 0.2) is 41.6 Å². The average molecular weight is 336 g/mol. The molecular formula is C16H20N2O4S. The zero-order valence-corrected chi connectivity index (χ0v) is 14.3. The third-order valence-corrected chi connectivity index (χ3v) is 5.19. The highest BCUT2D eigenvalue weighted by atomic mass is 32.2. The Morgan fingerprint density at radius 3 is 2.22 bits per heavy atom. The Morgan fingerprint density at radius 1 is 1.09 bits per heavy atom. The fraction of sp³-hybridized carbons (Fsp3) is 0.312. The summed E-state index contributed by atoms with van der Waals surface area (Å²) in [6.07, 6.45) is 3.25. The minimum absolute atomic E-state index is 0.163. The minimum atomic E-state index is -3.70. The van der Waals surface area contributed by atoms with Gasteiger partial charge in [-0.2, -0.15) is 0 Å². The molecule has 1 aromatic carbocycles. The van der Waals surface area contributed by atoms with Crippen LogP contribution in [-0.2, 0) is 10.0 Å². The van der Waals surface area contributed by atoms with Gasteiger partial charge in [-0.05, 0) is 43.2 Å². The number of benzene rings is 1. The summed E-state index contributed by atoms with van der Waals surface area (Å²) in [6.45, 7) is 3.50. The number of nitrogens with one attached hydrogen (secondary N) is 1. The molecule has 0 bridgehead atoms. The second-order valence-corrected chi connectivity index (χ2v) is 6.78. The molecule has 0 spiro atoms. The number of methoxy groups -OCH3 is 2. The van der Waals surface area contributed by atoms with Crippen molar-refractivity contribution in [2.45, 2.75) is 24.8 Å². The second kappa shape index (κ2) is 6.97. The zero-order valence-electron chi connectivity index (χ0n) is 13.5. The molecule has 2 aromatic rings. The molecule has 7 heteroatoms. The van der Waals surface area contributed by atoms with E-state index in [9.17, 15) is 8.42 Å². The van der Waals surface area contributed by atoms with Crippen LogP contribution < -0.4 is 14.2 Å². The Labute approximate surface area is 136 Å². The molecule has 23 heavy (non-hydrogen) atoms. The first-order valence-electron chi connectivity index (χ1n) is 7.04. The van der Waals surface area contributed by atoms with Crippen molar-refractivity contribution in [1.82, 2.24) is 9.71 Å². The summed E-state index contributed by atoms with van der Waals surface area (Å²) >= 11 is 0. The summed E-state index contributed by atoms with van der Waals surface area (Å²) in [4.78, 5) is 4.09. The standard InChI is InChI=1S/C16H20N2O4S/c1-11-9-14(21-3)15(22-4)10-16(11)23(19,20)18-12(2)13-5-7-17-8-6-13/h5-10,12,18H,1-4H3/t12-/m0/s1. The van der Waals surface area contributed by atoms with Crippen LogP contribution in [0.25, 0.3) is 0 Å². The first kappa shape index (κ1) is 17.2. The van der Waals surface area contributed by atoms with Crippen molar-refractivity contribution < 1.29 is 17.9 Å². The lowest BCUT2D eigenvalue weighted by Crippen LogP contribution is -2.27. The van der Waals surface area contributed by atoms with Crippen LogP contribution in [-0.4, -0.2) is 27.6 Å². The Morgan fingerprint density at radius 2 is 1.65 bits per heavy atom. The summed E-state index contributed by atoms with van der Waals surface area (Å²) in [5.41, 5.74) is 1.42. The van der Waals surface area contributed by atoms with Gasteiger partial charge in [0.25, 0.3) is 0 Å². The Kier molecular flexibility index (Phi) is 5.23. The molecule has 0 aliphatic heterocycles. The third kappa shape index (κ3) is 3.80. The maximum absolute atomic E-state index is 12.7. The average Bonchev–Trinajstić information content (AvgIpc) is 2.54.